The highest BCUT2D eigenvalue weighted by Crippen LogP contribution is 2.23. The Morgan fingerprint density at radius 2 is 1.94 bits per heavy atom. The van der Waals surface area contributed by atoms with E-state index in [1.54, 1.807) is 18.4 Å². The molecule has 0 fully saturated rings. The maximum Gasteiger partial charge on any atom is 0.347 e. The Morgan fingerprint density at radius 3 is 2.71 bits per heavy atom. The maximum atomic E-state index is 11.5. The largest absolute Gasteiger partial charge is 0.464 e. The van der Waals surface area contributed by atoms with Crippen molar-refractivity contribution < 1.29 is 13.6 Å². The van der Waals surface area contributed by atoms with Gasteiger partial charge in [0.1, 0.15) is 16.7 Å². The average molecular weight is 228 g/mol. The van der Waals surface area contributed by atoms with E-state index in [-0.39, 0.29) is 11.3 Å². The van der Waals surface area contributed by atoms with Gasteiger partial charge < -0.3 is 8.83 Å². The summed E-state index contributed by atoms with van der Waals surface area (Å²) in [6, 6.07) is 6.84. The molecule has 4 heteroatoms. The van der Waals surface area contributed by atoms with Crippen LogP contribution in [0.2, 0.25) is 0 Å². The number of fused-ring (bicyclic) bond motifs is 2. The van der Waals surface area contributed by atoms with Crippen molar-refractivity contribution in [3.05, 3.63) is 46.5 Å². The Balaban J connectivity index is 2.45. The highest BCUT2D eigenvalue weighted by molar-refractivity contribution is 5.99. The lowest BCUT2D eigenvalue weighted by atomic mass is 10.1. The number of carbonyl (C=O) groups excluding carboxylic acids is 1. The van der Waals surface area contributed by atoms with Gasteiger partial charge in [-0.3, -0.25) is 4.79 Å². The molecule has 0 spiro atoms. The number of furan rings is 1. The van der Waals surface area contributed by atoms with Gasteiger partial charge in [0.05, 0.1) is 6.26 Å². The minimum Gasteiger partial charge on any atom is -0.464 e. The van der Waals surface area contributed by atoms with E-state index >= 15 is 0 Å². The van der Waals surface area contributed by atoms with Crippen LogP contribution in [0.4, 0.5) is 0 Å². The molecule has 0 aliphatic carbocycles. The van der Waals surface area contributed by atoms with Crippen molar-refractivity contribution >= 4 is 27.7 Å². The van der Waals surface area contributed by atoms with Gasteiger partial charge in [0.2, 0.25) is 0 Å². The van der Waals surface area contributed by atoms with Gasteiger partial charge in [0.25, 0.3) is 0 Å². The van der Waals surface area contributed by atoms with Crippen molar-refractivity contribution in [2.45, 2.75) is 6.92 Å². The molecule has 0 saturated heterocycles. The van der Waals surface area contributed by atoms with Crippen LogP contribution in [0.25, 0.3) is 21.9 Å². The summed E-state index contributed by atoms with van der Waals surface area (Å²) in [5.74, 6) is -0.298. The first-order chi connectivity index (χ1) is 8.15. The Morgan fingerprint density at radius 1 is 1.12 bits per heavy atom. The molecule has 3 aromatic rings. The Hall–Kier alpha value is -2.36. The molecule has 2 aromatic heterocycles. The summed E-state index contributed by atoms with van der Waals surface area (Å²) in [5.41, 5.74) is 0.523. The predicted octanol–water partition coefficient (Wildman–Crippen LogP) is 2.74. The van der Waals surface area contributed by atoms with Crippen molar-refractivity contribution in [1.29, 1.82) is 0 Å². The summed E-state index contributed by atoms with van der Waals surface area (Å²) >= 11 is 0. The molecule has 1 aromatic carbocycles. The summed E-state index contributed by atoms with van der Waals surface area (Å²) < 4.78 is 10.3. The van der Waals surface area contributed by atoms with Crippen LogP contribution in [-0.4, -0.2) is 5.78 Å². The van der Waals surface area contributed by atoms with Crippen molar-refractivity contribution in [3.63, 3.8) is 0 Å². The van der Waals surface area contributed by atoms with Crippen LogP contribution in [0.1, 0.15) is 17.3 Å². The summed E-state index contributed by atoms with van der Waals surface area (Å²) in [7, 11) is 0. The van der Waals surface area contributed by atoms with Crippen LogP contribution in [0.3, 0.4) is 0 Å². The van der Waals surface area contributed by atoms with Crippen molar-refractivity contribution in [3.8, 4) is 0 Å². The molecule has 0 saturated carbocycles. The summed E-state index contributed by atoms with van der Waals surface area (Å²) in [6.45, 7) is 1.34. The fraction of sp³-hybridized carbons (Fsp3) is 0.0769. The Labute approximate surface area is 95.4 Å². The standard InChI is InChI=1S/C13H8O4/c1-7(14)10-5-9-4-8-2-3-16-11(8)6-12(9)17-13(10)15/h2-6H,1H3. The number of rotatable bonds is 1. The Bertz CT molecular complexity index is 792. The maximum absolute atomic E-state index is 11.5. The van der Waals surface area contributed by atoms with E-state index < -0.39 is 5.63 Å². The molecule has 0 unspecified atom stereocenters. The molecule has 0 N–H and O–H groups in total. The molecule has 17 heavy (non-hydrogen) atoms. The van der Waals surface area contributed by atoms with Crippen LogP contribution in [0.5, 0.6) is 0 Å². The molecule has 0 atom stereocenters. The SMILES string of the molecule is CC(=O)c1cc2cc3ccoc3cc2oc1=O. The third-order valence-corrected chi connectivity index (χ3v) is 2.69. The molecule has 0 bridgehead atoms. The van der Waals surface area contributed by atoms with Gasteiger partial charge in [-0.15, -0.1) is 0 Å². The second kappa shape index (κ2) is 3.31. The number of Topliss-reactive ketones (excluding diaryl/α,β-unsaturated/α-hetero) is 1. The van der Waals surface area contributed by atoms with Gasteiger partial charge in [-0.25, -0.2) is 4.79 Å². The van der Waals surface area contributed by atoms with E-state index in [0.717, 1.165) is 5.39 Å². The predicted molar refractivity (Wildman–Crippen MR) is 62.3 cm³/mol. The summed E-state index contributed by atoms with van der Waals surface area (Å²) in [4.78, 5) is 22.8. The number of carbonyl (C=O) groups is 1. The van der Waals surface area contributed by atoms with Gasteiger partial charge in [-0.2, -0.15) is 0 Å². The smallest absolute Gasteiger partial charge is 0.347 e. The van der Waals surface area contributed by atoms with E-state index in [9.17, 15) is 9.59 Å². The first-order valence-electron chi connectivity index (χ1n) is 5.11. The average Bonchev–Trinajstić information content (AvgIpc) is 2.71. The van der Waals surface area contributed by atoms with Crippen molar-refractivity contribution in [2.75, 3.05) is 0 Å². The van der Waals surface area contributed by atoms with Crippen LogP contribution in [0.15, 0.2) is 44.2 Å². The van der Waals surface area contributed by atoms with Crippen LogP contribution >= 0.6 is 0 Å². The van der Waals surface area contributed by atoms with Crippen LogP contribution in [-0.2, 0) is 0 Å². The Kier molecular flexibility index (Phi) is 1.92. The number of hydrogen-bond acceptors (Lipinski definition) is 4. The number of hydrogen-bond donors (Lipinski definition) is 0. The highest BCUT2D eigenvalue weighted by atomic mass is 16.4. The zero-order valence-electron chi connectivity index (χ0n) is 9.02. The van der Waals surface area contributed by atoms with E-state index in [2.05, 4.69) is 0 Å². The molecule has 0 aliphatic heterocycles. The van der Waals surface area contributed by atoms with Crippen molar-refractivity contribution in [2.24, 2.45) is 0 Å². The number of benzene rings is 1. The third kappa shape index (κ3) is 1.45. The van der Waals surface area contributed by atoms with Gasteiger partial charge in [-0.05, 0) is 25.1 Å². The molecule has 2 heterocycles. The van der Waals surface area contributed by atoms with E-state index in [4.69, 9.17) is 8.83 Å². The lowest BCUT2D eigenvalue weighted by Crippen LogP contribution is -2.10. The van der Waals surface area contributed by atoms with E-state index in [1.807, 2.05) is 12.1 Å². The number of ketones is 1. The van der Waals surface area contributed by atoms with Gasteiger partial charge >= 0.3 is 5.63 Å². The fourth-order valence-corrected chi connectivity index (χ4v) is 1.82. The minimum atomic E-state index is -0.615. The molecule has 0 radical (unpaired) electrons. The quantitative estimate of drug-likeness (QED) is 0.474. The zero-order chi connectivity index (χ0) is 12.0. The van der Waals surface area contributed by atoms with Gasteiger partial charge in [0, 0.05) is 16.8 Å². The van der Waals surface area contributed by atoms with Crippen LogP contribution in [0, 0.1) is 0 Å². The second-order valence-electron chi connectivity index (χ2n) is 3.85. The molecular weight excluding hydrogens is 220 g/mol. The zero-order valence-corrected chi connectivity index (χ0v) is 9.02. The molecule has 0 aliphatic rings. The molecule has 84 valence electrons. The van der Waals surface area contributed by atoms with E-state index in [0.29, 0.717) is 16.6 Å². The topological polar surface area (TPSA) is 60.4 Å². The molecule has 4 nitrogen and oxygen atoms in total. The third-order valence-electron chi connectivity index (χ3n) is 2.69. The minimum absolute atomic E-state index is 0.0698. The normalized spacial score (nSPS) is 11.1. The first-order valence-corrected chi connectivity index (χ1v) is 5.11. The second-order valence-corrected chi connectivity index (χ2v) is 3.85. The monoisotopic (exact) mass is 228 g/mol. The summed E-state index contributed by atoms with van der Waals surface area (Å²) in [5, 5.41) is 1.62. The van der Waals surface area contributed by atoms with E-state index in [1.165, 1.54) is 6.92 Å². The lowest BCUT2D eigenvalue weighted by Gasteiger charge is -1.99. The lowest BCUT2D eigenvalue weighted by molar-refractivity contribution is 0.101. The first kappa shape index (κ1) is 9.84. The highest BCUT2D eigenvalue weighted by Gasteiger charge is 2.10. The van der Waals surface area contributed by atoms with Gasteiger partial charge in [-0.1, -0.05) is 0 Å². The van der Waals surface area contributed by atoms with Crippen LogP contribution < -0.4 is 5.63 Å². The summed E-state index contributed by atoms with van der Waals surface area (Å²) in [6.07, 6.45) is 1.56. The van der Waals surface area contributed by atoms with Gasteiger partial charge in [0.15, 0.2) is 5.78 Å². The molecule has 0 amide bonds. The fourth-order valence-electron chi connectivity index (χ4n) is 1.82. The molecule has 3 rings (SSSR count). The molecular formula is C13H8O4. The van der Waals surface area contributed by atoms with Crippen molar-refractivity contribution in [1.82, 2.24) is 0 Å².